The summed E-state index contributed by atoms with van der Waals surface area (Å²) in [7, 11) is 0. The molecule has 1 aromatic heterocycles. The summed E-state index contributed by atoms with van der Waals surface area (Å²) >= 11 is 11.3. The second-order valence-electron chi connectivity index (χ2n) is 3.92. The second-order valence-corrected chi connectivity index (χ2v) is 4.64. The number of nitrogens with two attached hydrogens (primary N) is 1. The van der Waals surface area contributed by atoms with E-state index in [9.17, 15) is 4.79 Å². The summed E-state index contributed by atoms with van der Waals surface area (Å²) in [5.74, 6) is 0.0569. The fourth-order valence-electron chi connectivity index (χ4n) is 1.12. The van der Waals surface area contributed by atoms with Gasteiger partial charge in [-0.05, 0) is 24.9 Å². The normalized spacial score (nSPS) is 14.2. The highest BCUT2D eigenvalue weighted by Crippen LogP contribution is 2.22. The topological polar surface area (TPSA) is 80.9 Å². The summed E-state index contributed by atoms with van der Waals surface area (Å²) < 4.78 is 0. The molecule has 0 saturated carbocycles. The number of halogens is 2. The van der Waals surface area contributed by atoms with E-state index < -0.39 is 5.41 Å². The Labute approximate surface area is 110 Å². The molecule has 0 aliphatic carbocycles. The minimum atomic E-state index is -0.635. The van der Waals surface area contributed by atoms with E-state index in [2.05, 4.69) is 15.3 Å². The molecule has 0 bridgehead atoms. The predicted molar refractivity (Wildman–Crippen MR) is 68.1 cm³/mol. The summed E-state index contributed by atoms with van der Waals surface area (Å²) in [5, 5.41) is 2.78. The lowest BCUT2D eigenvalue weighted by Gasteiger charge is -2.24. The standard InChI is InChI=1S/C10H14Cl2N4O/c1-3-10(2,5-13)8(17)15-7-4-6(11)14-9(12)16-7/h4H,3,5,13H2,1-2H3,(H,14,15,16,17). The monoisotopic (exact) mass is 276 g/mol. The van der Waals surface area contributed by atoms with Crippen molar-refractivity contribution in [2.75, 3.05) is 11.9 Å². The van der Waals surface area contributed by atoms with Gasteiger partial charge in [0.1, 0.15) is 11.0 Å². The lowest BCUT2D eigenvalue weighted by Crippen LogP contribution is -2.39. The van der Waals surface area contributed by atoms with E-state index >= 15 is 0 Å². The van der Waals surface area contributed by atoms with Gasteiger partial charge in [-0.1, -0.05) is 18.5 Å². The first-order valence-corrected chi connectivity index (χ1v) is 5.88. The van der Waals surface area contributed by atoms with E-state index in [1.54, 1.807) is 6.92 Å². The summed E-state index contributed by atoms with van der Waals surface area (Å²) in [6.45, 7) is 3.93. The zero-order valence-corrected chi connectivity index (χ0v) is 11.1. The largest absolute Gasteiger partial charge is 0.329 e. The third-order valence-electron chi connectivity index (χ3n) is 2.69. The fraction of sp³-hybridized carbons (Fsp3) is 0.500. The fourth-order valence-corrected chi connectivity index (χ4v) is 1.53. The highest BCUT2D eigenvalue weighted by atomic mass is 35.5. The molecule has 0 saturated heterocycles. The molecule has 0 aromatic carbocycles. The van der Waals surface area contributed by atoms with E-state index in [1.165, 1.54) is 6.07 Å². The van der Waals surface area contributed by atoms with Gasteiger partial charge in [-0.25, -0.2) is 9.97 Å². The molecule has 7 heteroatoms. The van der Waals surface area contributed by atoms with E-state index in [4.69, 9.17) is 28.9 Å². The molecule has 0 radical (unpaired) electrons. The zero-order chi connectivity index (χ0) is 13.1. The molecule has 1 unspecified atom stereocenters. The third-order valence-corrected chi connectivity index (χ3v) is 3.05. The van der Waals surface area contributed by atoms with E-state index in [-0.39, 0.29) is 28.7 Å². The average Bonchev–Trinajstić information content (AvgIpc) is 2.26. The zero-order valence-electron chi connectivity index (χ0n) is 9.63. The molecule has 5 nitrogen and oxygen atoms in total. The predicted octanol–water partition coefficient (Wildman–Crippen LogP) is 2.10. The number of carbonyl (C=O) groups excluding carboxylic acids is 1. The number of hydrogen-bond donors (Lipinski definition) is 2. The van der Waals surface area contributed by atoms with E-state index in [0.717, 1.165) is 0 Å². The van der Waals surface area contributed by atoms with Gasteiger partial charge in [-0.15, -0.1) is 0 Å². The number of carbonyl (C=O) groups is 1. The molecule has 0 aliphatic rings. The van der Waals surface area contributed by atoms with Gasteiger partial charge < -0.3 is 11.1 Å². The first-order valence-electron chi connectivity index (χ1n) is 5.13. The second kappa shape index (κ2) is 5.62. The highest BCUT2D eigenvalue weighted by molar-refractivity contribution is 6.32. The number of nitrogens with one attached hydrogen (secondary N) is 1. The SMILES string of the molecule is CCC(C)(CN)C(=O)Nc1cc(Cl)nc(Cl)n1. The maximum atomic E-state index is 12.0. The minimum Gasteiger partial charge on any atom is -0.329 e. The Hall–Kier alpha value is -0.910. The number of amides is 1. The van der Waals surface area contributed by atoms with Crippen LogP contribution in [-0.4, -0.2) is 22.4 Å². The number of hydrogen-bond acceptors (Lipinski definition) is 4. The van der Waals surface area contributed by atoms with Crippen molar-refractivity contribution in [3.8, 4) is 0 Å². The molecular weight excluding hydrogens is 263 g/mol. The Morgan fingerprint density at radius 3 is 2.65 bits per heavy atom. The Bertz CT molecular complexity index is 401. The minimum absolute atomic E-state index is 0.0150. The van der Waals surface area contributed by atoms with Crippen molar-refractivity contribution in [1.29, 1.82) is 0 Å². The van der Waals surface area contributed by atoms with Gasteiger partial charge in [0, 0.05) is 12.6 Å². The maximum Gasteiger partial charge on any atom is 0.232 e. The van der Waals surface area contributed by atoms with Crippen LogP contribution < -0.4 is 11.1 Å². The average molecular weight is 277 g/mol. The molecule has 94 valence electrons. The van der Waals surface area contributed by atoms with Crippen LogP contribution in [0.4, 0.5) is 5.82 Å². The van der Waals surface area contributed by atoms with Crippen LogP contribution in [0, 0.1) is 5.41 Å². The number of aromatic nitrogens is 2. The van der Waals surface area contributed by atoms with Gasteiger partial charge in [-0.3, -0.25) is 4.79 Å². The van der Waals surface area contributed by atoms with Gasteiger partial charge in [0.15, 0.2) is 0 Å². The third kappa shape index (κ3) is 3.52. The Morgan fingerprint density at radius 1 is 1.53 bits per heavy atom. The first-order chi connectivity index (χ1) is 7.91. The Balaban J connectivity index is 2.87. The van der Waals surface area contributed by atoms with Gasteiger partial charge in [-0.2, -0.15) is 0 Å². The van der Waals surface area contributed by atoms with Crippen LogP contribution in [0.2, 0.25) is 10.4 Å². The van der Waals surface area contributed by atoms with Crippen LogP contribution in [0.25, 0.3) is 0 Å². The van der Waals surface area contributed by atoms with Gasteiger partial charge in [0.05, 0.1) is 5.41 Å². The molecule has 1 atom stereocenters. The van der Waals surface area contributed by atoms with Gasteiger partial charge >= 0.3 is 0 Å². The Morgan fingerprint density at radius 2 is 2.18 bits per heavy atom. The number of rotatable bonds is 4. The Kier molecular flexibility index (Phi) is 4.68. The van der Waals surface area contributed by atoms with Crippen LogP contribution in [0.15, 0.2) is 6.07 Å². The number of nitrogens with zero attached hydrogens (tertiary/aromatic N) is 2. The van der Waals surface area contributed by atoms with Crippen LogP contribution in [0.1, 0.15) is 20.3 Å². The number of anilines is 1. The molecule has 0 spiro atoms. The molecule has 17 heavy (non-hydrogen) atoms. The van der Waals surface area contributed by atoms with E-state index in [1.807, 2.05) is 6.92 Å². The first kappa shape index (κ1) is 14.2. The van der Waals surface area contributed by atoms with Crippen LogP contribution in [0.3, 0.4) is 0 Å². The van der Waals surface area contributed by atoms with Crippen molar-refractivity contribution in [2.45, 2.75) is 20.3 Å². The quantitative estimate of drug-likeness (QED) is 0.652. The molecule has 1 heterocycles. The lowest BCUT2D eigenvalue weighted by molar-refractivity contribution is -0.124. The van der Waals surface area contributed by atoms with Gasteiger partial charge in [0.2, 0.25) is 11.2 Å². The van der Waals surface area contributed by atoms with Crippen LogP contribution in [0.5, 0.6) is 0 Å². The van der Waals surface area contributed by atoms with Crippen molar-refractivity contribution < 1.29 is 4.79 Å². The highest BCUT2D eigenvalue weighted by Gasteiger charge is 2.30. The molecule has 1 aromatic rings. The van der Waals surface area contributed by atoms with Crippen molar-refractivity contribution >= 4 is 34.9 Å². The molecule has 1 rings (SSSR count). The summed E-state index contributed by atoms with van der Waals surface area (Å²) in [5.41, 5.74) is 4.95. The van der Waals surface area contributed by atoms with Crippen molar-refractivity contribution in [3.05, 3.63) is 16.5 Å². The summed E-state index contributed by atoms with van der Waals surface area (Å²) in [6, 6.07) is 1.43. The van der Waals surface area contributed by atoms with Crippen LogP contribution >= 0.6 is 23.2 Å². The van der Waals surface area contributed by atoms with Crippen molar-refractivity contribution in [1.82, 2.24) is 9.97 Å². The van der Waals surface area contributed by atoms with E-state index in [0.29, 0.717) is 6.42 Å². The van der Waals surface area contributed by atoms with Crippen molar-refractivity contribution in [3.63, 3.8) is 0 Å². The van der Waals surface area contributed by atoms with Crippen LogP contribution in [-0.2, 0) is 4.79 Å². The van der Waals surface area contributed by atoms with Crippen molar-refractivity contribution in [2.24, 2.45) is 11.1 Å². The lowest BCUT2D eigenvalue weighted by atomic mass is 9.87. The molecule has 3 N–H and O–H groups in total. The molecule has 0 aliphatic heterocycles. The molecular formula is C10H14Cl2N4O. The maximum absolute atomic E-state index is 12.0. The molecule has 1 amide bonds. The van der Waals surface area contributed by atoms with Gasteiger partial charge in [0.25, 0.3) is 0 Å². The summed E-state index contributed by atoms with van der Waals surface area (Å²) in [6.07, 6.45) is 0.627. The smallest absolute Gasteiger partial charge is 0.232 e. The summed E-state index contributed by atoms with van der Waals surface area (Å²) in [4.78, 5) is 19.5. The molecule has 0 fully saturated rings.